The lowest BCUT2D eigenvalue weighted by Crippen LogP contribution is -2.12. The van der Waals surface area contributed by atoms with Crippen LogP contribution in [0.1, 0.15) is 26.3 Å². The number of nitrogens with one attached hydrogen (secondary N) is 1. The second-order valence-corrected chi connectivity index (χ2v) is 5.61. The molecule has 0 atom stereocenters. The van der Waals surface area contributed by atoms with Gasteiger partial charge in [-0.25, -0.2) is 0 Å². The molecule has 2 rings (SSSR count). The molecule has 2 aromatic rings. The van der Waals surface area contributed by atoms with E-state index in [1.165, 1.54) is 5.56 Å². The third-order valence-corrected chi connectivity index (χ3v) is 3.01. The van der Waals surface area contributed by atoms with E-state index in [1.807, 2.05) is 30.3 Å². The van der Waals surface area contributed by atoms with Crippen molar-refractivity contribution in [3.8, 4) is 5.75 Å². The second-order valence-electron chi connectivity index (χ2n) is 5.61. The first kappa shape index (κ1) is 13.5. The van der Waals surface area contributed by atoms with Gasteiger partial charge in [-0.3, -0.25) is 0 Å². The van der Waals surface area contributed by atoms with Crippen molar-refractivity contribution in [1.29, 1.82) is 0 Å². The summed E-state index contributed by atoms with van der Waals surface area (Å²) in [5, 5.41) is 3.25. The summed E-state index contributed by atoms with van der Waals surface area (Å²) in [6, 6.07) is 18.3. The van der Waals surface area contributed by atoms with Crippen LogP contribution >= 0.6 is 0 Å². The van der Waals surface area contributed by atoms with Gasteiger partial charge in [0.1, 0.15) is 5.75 Å². The third kappa shape index (κ3) is 4.02. The highest BCUT2D eigenvalue weighted by Crippen LogP contribution is 2.23. The van der Waals surface area contributed by atoms with Crippen molar-refractivity contribution >= 4 is 5.69 Å². The Hall–Kier alpha value is -1.96. The summed E-state index contributed by atoms with van der Waals surface area (Å²) in [5.74, 6) is 0.876. The minimum Gasteiger partial charge on any atom is -0.473 e. The summed E-state index contributed by atoms with van der Waals surface area (Å²) >= 11 is 0. The van der Waals surface area contributed by atoms with Crippen LogP contribution < -0.4 is 10.1 Å². The molecule has 0 aromatic heterocycles. The van der Waals surface area contributed by atoms with Gasteiger partial charge in [0.2, 0.25) is 0 Å². The molecule has 1 N–H and O–H groups in total. The molecule has 0 saturated heterocycles. The molecule has 0 saturated carbocycles. The highest BCUT2D eigenvalue weighted by molar-refractivity contribution is 5.45. The Balaban J connectivity index is 1.87. The minimum absolute atomic E-state index is 0.194. The molecule has 19 heavy (non-hydrogen) atoms. The van der Waals surface area contributed by atoms with Crippen molar-refractivity contribution in [3.63, 3.8) is 0 Å². The van der Waals surface area contributed by atoms with Gasteiger partial charge in [-0.15, -0.1) is 0 Å². The van der Waals surface area contributed by atoms with Crippen molar-refractivity contribution in [2.75, 3.05) is 12.0 Å². The normalized spacial score (nSPS) is 11.1. The van der Waals surface area contributed by atoms with Gasteiger partial charge in [0.25, 0.3) is 0 Å². The minimum atomic E-state index is 0.194. The van der Waals surface area contributed by atoms with Crippen LogP contribution in [0, 0.1) is 0 Å². The Morgan fingerprint density at radius 1 is 0.895 bits per heavy atom. The van der Waals surface area contributed by atoms with Crippen LogP contribution in [0.2, 0.25) is 0 Å². The summed E-state index contributed by atoms with van der Waals surface area (Å²) in [6.07, 6.45) is 0. The second kappa shape index (κ2) is 5.79. The summed E-state index contributed by atoms with van der Waals surface area (Å²) < 4.78 is 5.60. The molecule has 0 aliphatic heterocycles. The Bertz CT molecular complexity index is 497. The van der Waals surface area contributed by atoms with E-state index in [-0.39, 0.29) is 5.41 Å². The Labute approximate surface area is 115 Å². The Kier molecular flexibility index (Phi) is 4.10. The molecule has 0 bridgehead atoms. The van der Waals surface area contributed by atoms with Gasteiger partial charge in [0, 0.05) is 5.69 Å². The van der Waals surface area contributed by atoms with Gasteiger partial charge in [-0.05, 0) is 35.2 Å². The van der Waals surface area contributed by atoms with Gasteiger partial charge in [0.15, 0.2) is 6.73 Å². The first-order valence-electron chi connectivity index (χ1n) is 6.58. The lowest BCUT2D eigenvalue weighted by Gasteiger charge is -2.19. The van der Waals surface area contributed by atoms with Crippen LogP contribution in [0.25, 0.3) is 0 Å². The Morgan fingerprint density at radius 2 is 1.53 bits per heavy atom. The summed E-state index contributed by atoms with van der Waals surface area (Å²) in [4.78, 5) is 0. The van der Waals surface area contributed by atoms with E-state index in [0.717, 1.165) is 11.4 Å². The van der Waals surface area contributed by atoms with Crippen LogP contribution in [-0.2, 0) is 5.41 Å². The van der Waals surface area contributed by atoms with Crippen molar-refractivity contribution in [3.05, 3.63) is 60.2 Å². The molecule has 2 nitrogen and oxygen atoms in total. The molecular formula is C17H21NO. The predicted octanol–water partition coefficient (Wildman–Crippen LogP) is 4.43. The molecule has 0 radical (unpaired) electrons. The highest BCUT2D eigenvalue weighted by Gasteiger charge is 2.12. The van der Waals surface area contributed by atoms with Crippen LogP contribution in [-0.4, -0.2) is 6.73 Å². The molecule has 0 fully saturated rings. The number of rotatable bonds is 4. The molecular weight excluding hydrogens is 234 g/mol. The number of anilines is 1. The summed E-state index contributed by atoms with van der Waals surface area (Å²) in [6.45, 7) is 7.12. The summed E-state index contributed by atoms with van der Waals surface area (Å²) in [5.41, 5.74) is 2.60. The summed E-state index contributed by atoms with van der Waals surface area (Å²) in [7, 11) is 0. The molecule has 0 spiro atoms. The Morgan fingerprint density at radius 3 is 2.11 bits per heavy atom. The molecule has 2 aromatic carbocycles. The van der Waals surface area contributed by atoms with E-state index in [4.69, 9.17) is 4.74 Å². The fourth-order valence-electron chi connectivity index (χ4n) is 1.81. The van der Waals surface area contributed by atoms with Gasteiger partial charge in [-0.1, -0.05) is 51.1 Å². The third-order valence-electron chi connectivity index (χ3n) is 3.01. The van der Waals surface area contributed by atoms with Crippen molar-refractivity contribution in [2.24, 2.45) is 0 Å². The predicted molar refractivity (Wildman–Crippen MR) is 80.7 cm³/mol. The van der Waals surface area contributed by atoms with Crippen LogP contribution in [0.3, 0.4) is 0 Å². The van der Waals surface area contributed by atoms with E-state index in [2.05, 4.69) is 50.4 Å². The van der Waals surface area contributed by atoms with Crippen LogP contribution in [0.4, 0.5) is 5.69 Å². The van der Waals surface area contributed by atoms with Gasteiger partial charge >= 0.3 is 0 Å². The quantitative estimate of drug-likeness (QED) is 0.816. The molecule has 0 aliphatic rings. The zero-order valence-corrected chi connectivity index (χ0v) is 11.8. The van der Waals surface area contributed by atoms with Crippen molar-refractivity contribution < 1.29 is 4.74 Å². The average molecular weight is 255 g/mol. The van der Waals surface area contributed by atoms with E-state index < -0.39 is 0 Å². The van der Waals surface area contributed by atoms with E-state index >= 15 is 0 Å². The number of hydrogen-bond acceptors (Lipinski definition) is 2. The molecule has 0 aliphatic carbocycles. The van der Waals surface area contributed by atoms with E-state index in [1.54, 1.807) is 0 Å². The smallest absolute Gasteiger partial charge is 0.159 e. The zero-order chi connectivity index (χ0) is 13.7. The maximum absolute atomic E-state index is 5.60. The fraction of sp³-hybridized carbons (Fsp3) is 0.294. The number of benzene rings is 2. The monoisotopic (exact) mass is 255 g/mol. The van der Waals surface area contributed by atoms with E-state index in [9.17, 15) is 0 Å². The first-order chi connectivity index (χ1) is 9.05. The average Bonchev–Trinajstić information content (AvgIpc) is 2.39. The topological polar surface area (TPSA) is 21.3 Å². The number of para-hydroxylation sites is 1. The molecule has 0 heterocycles. The number of hydrogen-bond donors (Lipinski definition) is 1. The van der Waals surface area contributed by atoms with Gasteiger partial charge < -0.3 is 10.1 Å². The molecule has 0 unspecified atom stereocenters. The van der Waals surface area contributed by atoms with Crippen LogP contribution in [0.15, 0.2) is 54.6 Å². The van der Waals surface area contributed by atoms with E-state index in [0.29, 0.717) is 6.73 Å². The number of ether oxygens (including phenoxy) is 1. The van der Waals surface area contributed by atoms with Gasteiger partial charge in [0.05, 0.1) is 0 Å². The van der Waals surface area contributed by atoms with Crippen molar-refractivity contribution in [1.82, 2.24) is 0 Å². The van der Waals surface area contributed by atoms with Crippen molar-refractivity contribution in [2.45, 2.75) is 26.2 Å². The maximum atomic E-state index is 5.60. The molecule has 0 amide bonds. The molecule has 100 valence electrons. The van der Waals surface area contributed by atoms with Crippen LogP contribution in [0.5, 0.6) is 5.75 Å². The molecule has 2 heteroatoms. The lowest BCUT2D eigenvalue weighted by atomic mass is 9.87. The standard InChI is InChI=1S/C17H21NO/c1-17(2,3)14-9-11-15(12-10-14)18-13-19-16-7-5-4-6-8-16/h4-12,18H,13H2,1-3H3. The maximum Gasteiger partial charge on any atom is 0.159 e. The lowest BCUT2D eigenvalue weighted by molar-refractivity contribution is 0.347. The van der Waals surface area contributed by atoms with Gasteiger partial charge in [-0.2, -0.15) is 0 Å². The largest absolute Gasteiger partial charge is 0.473 e. The SMILES string of the molecule is CC(C)(C)c1ccc(NCOc2ccccc2)cc1. The fourth-order valence-corrected chi connectivity index (χ4v) is 1.81. The highest BCUT2D eigenvalue weighted by atomic mass is 16.5. The zero-order valence-electron chi connectivity index (χ0n) is 11.8. The first-order valence-corrected chi connectivity index (χ1v) is 6.58.